The highest BCUT2D eigenvalue weighted by molar-refractivity contribution is 5.87. The van der Waals surface area contributed by atoms with Gasteiger partial charge in [0.1, 0.15) is 6.04 Å². The second-order valence-corrected chi connectivity index (χ2v) is 5.33. The quantitative estimate of drug-likeness (QED) is 0.648. The van der Waals surface area contributed by atoms with Gasteiger partial charge in [0.05, 0.1) is 0 Å². The van der Waals surface area contributed by atoms with Crippen molar-refractivity contribution in [3.8, 4) is 0 Å². The van der Waals surface area contributed by atoms with E-state index in [2.05, 4.69) is 19.2 Å². The molecule has 0 saturated heterocycles. The van der Waals surface area contributed by atoms with Crippen LogP contribution in [0.15, 0.2) is 0 Å². The molecule has 0 aromatic carbocycles. The summed E-state index contributed by atoms with van der Waals surface area (Å²) in [6.07, 6.45) is 1.63. The molecule has 1 saturated carbocycles. The highest BCUT2D eigenvalue weighted by Gasteiger charge is 2.35. The second-order valence-electron chi connectivity index (χ2n) is 5.33. The van der Waals surface area contributed by atoms with Crippen LogP contribution in [0.3, 0.4) is 0 Å². The number of amides is 2. The van der Waals surface area contributed by atoms with Crippen molar-refractivity contribution in [2.45, 2.75) is 45.7 Å². The molecular formula is C12H23N3O2. The van der Waals surface area contributed by atoms with Crippen LogP contribution in [0, 0.1) is 17.8 Å². The summed E-state index contributed by atoms with van der Waals surface area (Å²) < 4.78 is 0. The molecule has 5 atom stereocenters. The van der Waals surface area contributed by atoms with Crippen LogP contribution in [0.25, 0.3) is 0 Å². The van der Waals surface area contributed by atoms with Crippen molar-refractivity contribution in [1.82, 2.24) is 5.32 Å². The Balaban J connectivity index is 2.60. The maximum Gasteiger partial charge on any atom is 0.239 e. The molecule has 0 radical (unpaired) electrons. The van der Waals surface area contributed by atoms with E-state index >= 15 is 0 Å². The van der Waals surface area contributed by atoms with Crippen LogP contribution in [-0.2, 0) is 9.59 Å². The van der Waals surface area contributed by atoms with Gasteiger partial charge in [-0.05, 0) is 31.6 Å². The van der Waals surface area contributed by atoms with Crippen molar-refractivity contribution < 1.29 is 9.59 Å². The summed E-state index contributed by atoms with van der Waals surface area (Å²) in [5.74, 6) is 0.0149. The number of carbonyl (C=O) groups excluding carboxylic acids is 2. The molecule has 5 N–H and O–H groups in total. The maximum atomic E-state index is 12.0. The Morgan fingerprint density at radius 2 is 1.82 bits per heavy atom. The van der Waals surface area contributed by atoms with Crippen molar-refractivity contribution in [2.75, 3.05) is 0 Å². The minimum Gasteiger partial charge on any atom is -0.368 e. The van der Waals surface area contributed by atoms with Crippen molar-refractivity contribution >= 4 is 11.8 Å². The molecule has 1 fully saturated rings. The van der Waals surface area contributed by atoms with Gasteiger partial charge in [0.2, 0.25) is 11.8 Å². The Bertz CT molecular complexity index is 306. The fourth-order valence-electron chi connectivity index (χ4n) is 2.44. The van der Waals surface area contributed by atoms with Crippen LogP contribution in [0.1, 0.15) is 33.6 Å². The first-order valence-electron chi connectivity index (χ1n) is 6.18. The predicted molar refractivity (Wildman–Crippen MR) is 65.8 cm³/mol. The molecule has 2 amide bonds. The van der Waals surface area contributed by atoms with Gasteiger partial charge >= 0.3 is 0 Å². The minimum absolute atomic E-state index is 0.0610. The van der Waals surface area contributed by atoms with Gasteiger partial charge in [-0.1, -0.05) is 13.8 Å². The van der Waals surface area contributed by atoms with E-state index in [0.717, 1.165) is 6.42 Å². The first kappa shape index (κ1) is 14.0. The number of hydrogen-bond donors (Lipinski definition) is 3. The lowest BCUT2D eigenvalue weighted by Crippen LogP contribution is -2.49. The number of hydrogen-bond acceptors (Lipinski definition) is 3. The SMILES string of the molecule is CC(NC(=O)C1CC(N)C(C)CC1C)C(N)=O. The Morgan fingerprint density at radius 1 is 1.24 bits per heavy atom. The molecule has 0 aliphatic heterocycles. The van der Waals surface area contributed by atoms with E-state index in [0.29, 0.717) is 18.3 Å². The molecule has 1 aliphatic carbocycles. The maximum absolute atomic E-state index is 12.0. The zero-order chi connectivity index (χ0) is 13.2. The zero-order valence-electron chi connectivity index (χ0n) is 10.8. The molecule has 5 nitrogen and oxygen atoms in total. The van der Waals surface area contributed by atoms with E-state index in [1.165, 1.54) is 0 Å². The molecule has 5 unspecified atom stereocenters. The van der Waals surface area contributed by atoms with Crippen LogP contribution in [0.4, 0.5) is 0 Å². The standard InChI is InChI=1S/C12H23N3O2/c1-6-4-7(2)10(13)5-9(6)12(17)15-8(3)11(14)16/h6-10H,4-5,13H2,1-3H3,(H2,14,16)(H,15,17). The molecule has 0 bridgehead atoms. The van der Waals surface area contributed by atoms with E-state index in [1.807, 2.05) is 0 Å². The van der Waals surface area contributed by atoms with Crippen LogP contribution >= 0.6 is 0 Å². The fraction of sp³-hybridized carbons (Fsp3) is 0.833. The third-order valence-corrected chi connectivity index (χ3v) is 3.81. The molecule has 5 heteroatoms. The van der Waals surface area contributed by atoms with Gasteiger partial charge in [0, 0.05) is 12.0 Å². The minimum atomic E-state index is -0.620. The largest absolute Gasteiger partial charge is 0.368 e. The summed E-state index contributed by atoms with van der Waals surface area (Å²) >= 11 is 0. The topological polar surface area (TPSA) is 98.2 Å². The average molecular weight is 241 g/mol. The number of primary amides is 1. The summed E-state index contributed by atoms with van der Waals surface area (Å²) in [4.78, 5) is 22.9. The van der Waals surface area contributed by atoms with Gasteiger partial charge in [-0.25, -0.2) is 0 Å². The van der Waals surface area contributed by atoms with Gasteiger partial charge < -0.3 is 16.8 Å². The second kappa shape index (κ2) is 5.49. The highest BCUT2D eigenvalue weighted by Crippen LogP contribution is 2.32. The van der Waals surface area contributed by atoms with Gasteiger partial charge in [-0.2, -0.15) is 0 Å². The fourth-order valence-corrected chi connectivity index (χ4v) is 2.44. The summed E-state index contributed by atoms with van der Waals surface area (Å²) in [6, 6.07) is -0.559. The molecule has 0 heterocycles. The van der Waals surface area contributed by atoms with Crippen LogP contribution in [0.2, 0.25) is 0 Å². The molecule has 0 spiro atoms. The van der Waals surface area contributed by atoms with Gasteiger partial charge in [0.15, 0.2) is 0 Å². The van der Waals surface area contributed by atoms with Gasteiger partial charge in [-0.3, -0.25) is 9.59 Å². The molecule has 98 valence electrons. The number of rotatable bonds is 3. The zero-order valence-corrected chi connectivity index (χ0v) is 10.8. The van der Waals surface area contributed by atoms with Crippen LogP contribution < -0.4 is 16.8 Å². The average Bonchev–Trinajstić information content (AvgIpc) is 2.22. The van der Waals surface area contributed by atoms with Crippen LogP contribution in [-0.4, -0.2) is 23.9 Å². The summed E-state index contributed by atoms with van der Waals surface area (Å²) in [5.41, 5.74) is 11.1. The number of nitrogens with one attached hydrogen (secondary N) is 1. The van der Waals surface area contributed by atoms with Crippen molar-refractivity contribution in [3.05, 3.63) is 0 Å². The molecule has 1 aliphatic rings. The normalized spacial score (nSPS) is 35.1. The van der Waals surface area contributed by atoms with Crippen molar-refractivity contribution in [1.29, 1.82) is 0 Å². The van der Waals surface area contributed by atoms with Crippen molar-refractivity contribution in [3.63, 3.8) is 0 Å². The van der Waals surface area contributed by atoms with Gasteiger partial charge in [-0.15, -0.1) is 0 Å². The summed E-state index contributed by atoms with van der Waals surface area (Å²) in [5, 5.41) is 2.65. The van der Waals surface area contributed by atoms with E-state index in [4.69, 9.17) is 11.5 Å². The lowest BCUT2D eigenvalue weighted by molar-refractivity contribution is -0.132. The Labute approximate surface area is 102 Å². The Kier molecular flexibility index (Phi) is 4.51. The Morgan fingerprint density at radius 3 is 2.35 bits per heavy atom. The molecule has 17 heavy (non-hydrogen) atoms. The number of nitrogens with two attached hydrogens (primary N) is 2. The molecule has 0 aromatic heterocycles. The van der Waals surface area contributed by atoms with E-state index in [1.54, 1.807) is 6.92 Å². The van der Waals surface area contributed by atoms with E-state index < -0.39 is 11.9 Å². The lowest BCUT2D eigenvalue weighted by atomic mass is 9.72. The monoisotopic (exact) mass is 241 g/mol. The molecular weight excluding hydrogens is 218 g/mol. The summed E-state index contributed by atoms with van der Waals surface area (Å²) in [6.45, 7) is 5.76. The number of carbonyl (C=O) groups is 2. The third-order valence-electron chi connectivity index (χ3n) is 3.81. The first-order valence-corrected chi connectivity index (χ1v) is 6.18. The van der Waals surface area contributed by atoms with Crippen LogP contribution in [0.5, 0.6) is 0 Å². The lowest BCUT2D eigenvalue weighted by Gasteiger charge is -2.36. The van der Waals surface area contributed by atoms with Gasteiger partial charge in [0.25, 0.3) is 0 Å². The first-order chi connectivity index (χ1) is 7.82. The van der Waals surface area contributed by atoms with E-state index in [9.17, 15) is 9.59 Å². The predicted octanol–water partition coefficient (Wildman–Crippen LogP) is -0.0141. The van der Waals surface area contributed by atoms with Crippen molar-refractivity contribution in [2.24, 2.45) is 29.2 Å². The third kappa shape index (κ3) is 3.43. The smallest absolute Gasteiger partial charge is 0.239 e. The summed E-state index contributed by atoms with van der Waals surface area (Å²) in [7, 11) is 0. The Hall–Kier alpha value is -1.10. The van der Waals surface area contributed by atoms with E-state index in [-0.39, 0.29) is 17.9 Å². The highest BCUT2D eigenvalue weighted by atomic mass is 16.2. The molecule has 1 rings (SSSR count). The molecule has 0 aromatic rings.